The van der Waals surface area contributed by atoms with E-state index in [1.165, 1.54) is 10.5 Å². The van der Waals surface area contributed by atoms with E-state index in [4.69, 9.17) is 5.84 Å². The number of benzene rings is 1. The highest BCUT2D eigenvalue weighted by atomic mass is 32.2. The van der Waals surface area contributed by atoms with Crippen molar-refractivity contribution in [1.29, 1.82) is 0 Å². The topological polar surface area (TPSA) is 38.4 Å². The standard InChI is InChI=1S/C10H14N2S/c1-8(12-11)7-9-5-3-4-6-10(9)13-2/h3-6H,7,11H2,1-2H3/b12-8+. The minimum atomic E-state index is 0.841. The number of thioether (sulfide) groups is 1. The summed E-state index contributed by atoms with van der Waals surface area (Å²) >= 11 is 1.75. The predicted molar refractivity (Wildman–Crippen MR) is 59.2 cm³/mol. The zero-order valence-electron chi connectivity index (χ0n) is 7.95. The molecular formula is C10H14N2S. The van der Waals surface area contributed by atoms with Gasteiger partial charge in [-0.1, -0.05) is 18.2 Å². The minimum absolute atomic E-state index is 0.841. The second-order valence-electron chi connectivity index (χ2n) is 2.85. The van der Waals surface area contributed by atoms with Gasteiger partial charge in [0, 0.05) is 17.0 Å². The molecule has 0 radical (unpaired) electrons. The van der Waals surface area contributed by atoms with E-state index in [1.54, 1.807) is 11.8 Å². The van der Waals surface area contributed by atoms with Crippen molar-refractivity contribution in [3.05, 3.63) is 29.8 Å². The summed E-state index contributed by atoms with van der Waals surface area (Å²) in [6.07, 6.45) is 2.92. The van der Waals surface area contributed by atoms with Gasteiger partial charge in [0.2, 0.25) is 0 Å². The Bertz CT molecular complexity index is 308. The van der Waals surface area contributed by atoms with Crippen LogP contribution in [0.2, 0.25) is 0 Å². The fraction of sp³-hybridized carbons (Fsp3) is 0.300. The number of nitrogens with two attached hydrogens (primary N) is 1. The van der Waals surface area contributed by atoms with Gasteiger partial charge in [0.1, 0.15) is 0 Å². The van der Waals surface area contributed by atoms with Gasteiger partial charge in [-0.15, -0.1) is 11.8 Å². The molecule has 0 aliphatic rings. The molecule has 0 heterocycles. The molecule has 0 unspecified atom stereocenters. The molecule has 0 atom stereocenters. The summed E-state index contributed by atoms with van der Waals surface area (Å²) in [5.74, 6) is 5.19. The lowest BCUT2D eigenvalue weighted by Crippen LogP contribution is -2.01. The van der Waals surface area contributed by atoms with Gasteiger partial charge in [-0.3, -0.25) is 0 Å². The maximum absolute atomic E-state index is 5.19. The fourth-order valence-corrected chi connectivity index (χ4v) is 1.79. The van der Waals surface area contributed by atoms with Crippen molar-refractivity contribution in [2.24, 2.45) is 10.9 Å². The monoisotopic (exact) mass is 194 g/mol. The average molecular weight is 194 g/mol. The van der Waals surface area contributed by atoms with Crippen molar-refractivity contribution in [1.82, 2.24) is 0 Å². The van der Waals surface area contributed by atoms with Crippen LogP contribution in [0.1, 0.15) is 12.5 Å². The second kappa shape index (κ2) is 4.92. The van der Waals surface area contributed by atoms with Crippen LogP contribution in [0.3, 0.4) is 0 Å². The number of rotatable bonds is 3. The van der Waals surface area contributed by atoms with Crippen molar-refractivity contribution in [3.8, 4) is 0 Å². The largest absolute Gasteiger partial charge is 0.323 e. The SMILES string of the molecule is CSc1ccccc1C/C(C)=N/N. The van der Waals surface area contributed by atoms with Gasteiger partial charge in [-0.05, 0) is 24.8 Å². The van der Waals surface area contributed by atoms with Gasteiger partial charge in [-0.2, -0.15) is 5.10 Å². The summed E-state index contributed by atoms with van der Waals surface area (Å²) < 4.78 is 0. The van der Waals surface area contributed by atoms with Gasteiger partial charge >= 0.3 is 0 Å². The van der Waals surface area contributed by atoms with E-state index in [0.29, 0.717) is 0 Å². The predicted octanol–water partition coefficient (Wildman–Crippen LogP) is 2.29. The maximum Gasteiger partial charge on any atom is 0.0389 e. The van der Waals surface area contributed by atoms with E-state index in [2.05, 4.69) is 23.5 Å². The molecule has 0 amide bonds. The molecule has 2 N–H and O–H groups in total. The van der Waals surface area contributed by atoms with Gasteiger partial charge < -0.3 is 5.84 Å². The van der Waals surface area contributed by atoms with E-state index >= 15 is 0 Å². The van der Waals surface area contributed by atoms with Crippen LogP contribution in [0.5, 0.6) is 0 Å². The smallest absolute Gasteiger partial charge is 0.0389 e. The molecular weight excluding hydrogens is 180 g/mol. The van der Waals surface area contributed by atoms with E-state index in [9.17, 15) is 0 Å². The molecule has 0 aromatic heterocycles. The first kappa shape index (κ1) is 10.1. The van der Waals surface area contributed by atoms with Crippen LogP contribution in [0, 0.1) is 0 Å². The normalized spacial score (nSPS) is 11.7. The molecule has 70 valence electrons. The summed E-state index contributed by atoms with van der Waals surface area (Å²) in [4.78, 5) is 1.30. The first-order valence-corrected chi connectivity index (χ1v) is 5.35. The first-order chi connectivity index (χ1) is 6.27. The summed E-state index contributed by atoms with van der Waals surface area (Å²) in [7, 11) is 0. The Hall–Kier alpha value is -0.960. The summed E-state index contributed by atoms with van der Waals surface area (Å²) in [5.41, 5.74) is 2.25. The molecule has 0 saturated heterocycles. The Balaban J connectivity index is 2.87. The number of hydrazone groups is 1. The fourth-order valence-electron chi connectivity index (χ4n) is 1.17. The Morgan fingerprint density at radius 3 is 2.77 bits per heavy atom. The summed E-state index contributed by atoms with van der Waals surface area (Å²) in [5, 5.41) is 3.67. The van der Waals surface area contributed by atoms with E-state index in [-0.39, 0.29) is 0 Å². The van der Waals surface area contributed by atoms with Gasteiger partial charge in [-0.25, -0.2) is 0 Å². The number of hydrogen-bond acceptors (Lipinski definition) is 3. The first-order valence-electron chi connectivity index (χ1n) is 4.13. The summed E-state index contributed by atoms with van der Waals surface area (Å²) in [6.45, 7) is 1.94. The van der Waals surface area contributed by atoms with Crippen molar-refractivity contribution < 1.29 is 0 Å². The lowest BCUT2D eigenvalue weighted by atomic mass is 10.1. The van der Waals surface area contributed by atoms with Gasteiger partial charge in [0.05, 0.1) is 0 Å². The van der Waals surface area contributed by atoms with Gasteiger partial charge in [0.15, 0.2) is 0 Å². The van der Waals surface area contributed by atoms with Crippen LogP contribution in [0.25, 0.3) is 0 Å². The van der Waals surface area contributed by atoms with Crippen LogP contribution in [0.15, 0.2) is 34.3 Å². The Morgan fingerprint density at radius 2 is 2.15 bits per heavy atom. The lowest BCUT2D eigenvalue weighted by molar-refractivity contribution is 1.15. The molecule has 0 bridgehead atoms. The zero-order valence-corrected chi connectivity index (χ0v) is 8.77. The third-order valence-electron chi connectivity index (χ3n) is 1.86. The molecule has 2 nitrogen and oxygen atoms in total. The Labute approximate surface area is 83.2 Å². The number of hydrogen-bond donors (Lipinski definition) is 1. The molecule has 0 aliphatic carbocycles. The van der Waals surface area contributed by atoms with Gasteiger partial charge in [0.25, 0.3) is 0 Å². The molecule has 1 aromatic rings. The molecule has 0 aliphatic heterocycles. The van der Waals surface area contributed by atoms with Crippen LogP contribution >= 0.6 is 11.8 Å². The second-order valence-corrected chi connectivity index (χ2v) is 3.70. The van der Waals surface area contributed by atoms with Crippen LogP contribution in [0.4, 0.5) is 0 Å². The van der Waals surface area contributed by atoms with Crippen LogP contribution in [-0.2, 0) is 6.42 Å². The molecule has 3 heteroatoms. The van der Waals surface area contributed by atoms with Crippen LogP contribution in [-0.4, -0.2) is 12.0 Å². The molecule has 0 saturated carbocycles. The summed E-state index contributed by atoms with van der Waals surface area (Å²) in [6, 6.07) is 8.31. The van der Waals surface area contributed by atoms with E-state index < -0.39 is 0 Å². The lowest BCUT2D eigenvalue weighted by Gasteiger charge is -2.05. The van der Waals surface area contributed by atoms with Crippen molar-refractivity contribution in [2.75, 3.05) is 6.26 Å². The third-order valence-corrected chi connectivity index (χ3v) is 2.70. The van der Waals surface area contributed by atoms with Crippen molar-refractivity contribution in [2.45, 2.75) is 18.2 Å². The molecule has 0 spiro atoms. The zero-order chi connectivity index (χ0) is 9.68. The van der Waals surface area contributed by atoms with Crippen LogP contribution < -0.4 is 5.84 Å². The third kappa shape index (κ3) is 2.77. The minimum Gasteiger partial charge on any atom is -0.323 e. The Kier molecular flexibility index (Phi) is 3.83. The van der Waals surface area contributed by atoms with E-state index in [1.807, 2.05) is 19.1 Å². The highest BCUT2D eigenvalue weighted by Crippen LogP contribution is 2.20. The van der Waals surface area contributed by atoms with Crippen molar-refractivity contribution >= 4 is 17.5 Å². The van der Waals surface area contributed by atoms with Crippen molar-refractivity contribution in [3.63, 3.8) is 0 Å². The average Bonchev–Trinajstić information content (AvgIpc) is 2.18. The molecule has 0 fully saturated rings. The highest BCUT2D eigenvalue weighted by Gasteiger charge is 2.01. The Morgan fingerprint density at radius 1 is 1.46 bits per heavy atom. The molecule has 1 rings (SSSR count). The maximum atomic E-state index is 5.19. The van der Waals surface area contributed by atoms with E-state index in [0.717, 1.165) is 12.1 Å². The molecule has 1 aromatic carbocycles. The molecule has 13 heavy (non-hydrogen) atoms. The highest BCUT2D eigenvalue weighted by molar-refractivity contribution is 7.98. The number of nitrogens with zero attached hydrogens (tertiary/aromatic N) is 1. The quantitative estimate of drug-likeness (QED) is 0.347.